The number of hydrogen-bond donors (Lipinski definition) is 3. The molecular formula is C12H13F3N2O3S. The van der Waals surface area contributed by atoms with E-state index in [0.717, 1.165) is 6.07 Å². The summed E-state index contributed by atoms with van der Waals surface area (Å²) in [6.07, 6.45) is -2.79. The molecule has 21 heavy (non-hydrogen) atoms. The molecular weight excluding hydrogens is 309 g/mol. The fourth-order valence-corrected chi connectivity index (χ4v) is 1.75. The van der Waals surface area contributed by atoms with Crippen LogP contribution in [-0.2, 0) is 6.18 Å². The van der Waals surface area contributed by atoms with E-state index in [4.69, 9.17) is 5.11 Å². The number of carboxylic acids is 1. The summed E-state index contributed by atoms with van der Waals surface area (Å²) < 4.78 is 37.8. The summed E-state index contributed by atoms with van der Waals surface area (Å²) in [6.45, 7) is 0.314. The molecule has 0 saturated carbocycles. The van der Waals surface area contributed by atoms with Crippen LogP contribution >= 0.6 is 11.8 Å². The third-order valence-corrected chi connectivity index (χ3v) is 3.03. The predicted octanol–water partition coefficient (Wildman–Crippen LogP) is 2.89. The quantitative estimate of drug-likeness (QED) is 0.728. The zero-order valence-electron chi connectivity index (χ0n) is 11.0. The molecule has 5 nitrogen and oxygen atoms in total. The van der Waals surface area contributed by atoms with Gasteiger partial charge in [0.25, 0.3) is 0 Å². The molecule has 1 rings (SSSR count). The molecule has 116 valence electrons. The van der Waals surface area contributed by atoms with Crippen molar-refractivity contribution in [1.29, 1.82) is 0 Å². The molecule has 9 heteroatoms. The van der Waals surface area contributed by atoms with Gasteiger partial charge in [0, 0.05) is 12.3 Å². The third-order valence-electron chi connectivity index (χ3n) is 2.42. The second-order valence-electron chi connectivity index (χ2n) is 3.94. The van der Waals surface area contributed by atoms with E-state index in [-0.39, 0.29) is 0 Å². The van der Waals surface area contributed by atoms with Crippen molar-refractivity contribution < 1.29 is 27.9 Å². The van der Waals surface area contributed by atoms with Crippen LogP contribution < -0.4 is 10.6 Å². The Morgan fingerprint density at radius 2 is 2.00 bits per heavy atom. The highest BCUT2D eigenvalue weighted by Gasteiger charge is 2.31. The molecule has 3 N–H and O–H groups in total. The molecule has 0 aliphatic heterocycles. The van der Waals surface area contributed by atoms with E-state index >= 15 is 0 Å². The minimum absolute atomic E-state index is 0.314. The Morgan fingerprint density at radius 3 is 2.52 bits per heavy atom. The van der Waals surface area contributed by atoms with Crippen molar-refractivity contribution >= 4 is 29.4 Å². The van der Waals surface area contributed by atoms with Crippen molar-refractivity contribution in [1.82, 2.24) is 5.32 Å². The number of carbonyl (C=O) groups excluding carboxylic acids is 1. The van der Waals surface area contributed by atoms with Gasteiger partial charge in [-0.25, -0.2) is 9.59 Å². The number of nitrogens with one attached hydrogen (secondary N) is 2. The van der Waals surface area contributed by atoms with Gasteiger partial charge >= 0.3 is 18.2 Å². The van der Waals surface area contributed by atoms with Crippen LogP contribution in [0.3, 0.4) is 0 Å². The van der Waals surface area contributed by atoms with E-state index < -0.39 is 35.0 Å². The second kappa shape index (κ2) is 7.21. The maximum Gasteiger partial charge on any atom is 0.416 e. The fraction of sp³-hybridized carbons (Fsp3) is 0.333. The van der Waals surface area contributed by atoms with Gasteiger partial charge in [0.2, 0.25) is 0 Å². The largest absolute Gasteiger partial charge is 0.478 e. The molecule has 0 aliphatic carbocycles. The predicted molar refractivity (Wildman–Crippen MR) is 73.8 cm³/mol. The van der Waals surface area contributed by atoms with Crippen LogP contribution in [0.1, 0.15) is 15.9 Å². The smallest absolute Gasteiger partial charge is 0.416 e. The molecule has 1 aromatic carbocycles. The van der Waals surface area contributed by atoms with Crippen LogP contribution in [0.5, 0.6) is 0 Å². The van der Waals surface area contributed by atoms with Crippen LogP contribution in [0, 0.1) is 0 Å². The number of amides is 2. The summed E-state index contributed by atoms with van der Waals surface area (Å²) >= 11 is 1.48. The Labute approximate surface area is 122 Å². The van der Waals surface area contributed by atoms with Gasteiger partial charge in [-0.2, -0.15) is 24.9 Å². The summed E-state index contributed by atoms with van der Waals surface area (Å²) in [5.41, 5.74) is -1.85. The number of urea groups is 1. The van der Waals surface area contributed by atoms with Gasteiger partial charge in [-0.05, 0) is 24.5 Å². The number of rotatable bonds is 5. The SMILES string of the molecule is CSCCNC(=O)Nc1cc(C(F)(F)F)ccc1C(=O)O. The number of aromatic carboxylic acids is 1. The molecule has 1 aromatic rings. The maximum atomic E-state index is 12.6. The Balaban J connectivity index is 2.96. The van der Waals surface area contributed by atoms with Crippen molar-refractivity contribution in [3.05, 3.63) is 29.3 Å². The van der Waals surface area contributed by atoms with Gasteiger partial charge in [-0.15, -0.1) is 0 Å². The van der Waals surface area contributed by atoms with E-state index in [2.05, 4.69) is 10.6 Å². The van der Waals surface area contributed by atoms with E-state index in [0.29, 0.717) is 24.4 Å². The first-order valence-corrected chi connectivity index (χ1v) is 7.13. The Kier molecular flexibility index (Phi) is 5.89. The Morgan fingerprint density at radius 1 is 1.33 bits per heavy atom. The van der Waals surface area contributed by atoms with E-state index in [9.17, 15) is 22.8 Å². The van der Waals surface area contributed by atoms with Gasteiger partial charge < -0.3 is 15.7 Å². The minimum atomic E-state index is -4.62. The number of alkyl halides is 3. The highest BCUT2D eigenvalue weighted by atomic mass is 32.2. The van der Waals surface area contributed by atoms with E-state index in [1.54, 1.807) is 0 Å². The average molecular weight is 322 g/mol. The van der Waals surface area contributed by atoms with Gasteiger partial charge in [-0.1, -0.05) is 0 Å². The number of carboxylic acid groups (broad SMARTS) is 1. The molecule has 0 heterocycles. The molecule has 0 fully saturated rings. The van der Waals surface area contributed by atoms with Crippen molar-refractivity contribution in [3.8, 4) is 0 Å². The summed E-state index contributed by atoms with van der Waals surface area (Å²) in [5, 5.41) is 13.5. The van der Waals surface area contributed by atoms with Crippen molar-refractivity contribution in [2.75, 3.05) is 23.9 Å². The molecule has 0 spiro atoms. The highest BCUT2D eigenvalue weighted by Crippen LogP contribution is 2.32. The lowest BCUT2D eigenvalue weighted by Gasteiger charge is -2.13. The number of anilines is 1. The summed E-state index contributed by atoms with van der Waals surface area (Å²) in [5.74, 6) is -0.801. The standard InChI is InChI=1S/C12H13F3N2O3S/c1-21-5-4-16-11(20)17-9-6-7(12(13,14)15)2-3-8(9)10(18)19/h2-3,6H,4-5H2,1H3,(H,18,19)(H2,16,17,20). The Bertz CT molecular complexity index is 535. The lowest BCUT2D eigenvalue weighted by atomic mass is 10.1. The number of carbonyl (C=O) groups is 2. The van der Waals surface area contributed by atoms with Crippen LogP contribution in [0.2, 0.25) is 0 Å². The normalized spacial score (nSPS) is 11.0. The first-order valence-electron chi connectivity index (χ1n) is 5.74. The van der Waals surface area contributed by atoms with Gasteiger partial charge in [0.05, 0.1) is 16.8 Å². The minimum Gasteiger partial charge on any atom is -0.478 e. The molecule has 0 saturated heterocycles. The van der Waals surface area contributed by atoms with Crippen LogP contribution in [0.4, 0.5) is 23.7 Å². The van der Waals surface area contributed by atoms with Crippen molar-refractivity contribution in [2.45, 2.75) is 6.18 Å². The lowest BCUT2D eigenvalue weighted by Crippen LogP contribution is -2.31. The van der Waals surface area contributed by atoms with E-state index in [1.165, 1.54) is 11.8 Å². The topological polar surface area (TPSA) is 78.4 Å². The number of thioether (sulfide) groups is 1. The molecule has 0 bridgehead atoms. The van der Waals surface area contributed by atoms with E-state index in [1.807, 2.05) is 6.26 Å². The summed E-state index contributed by atoms with van der Waals surface area (Å²) in [7, 11) is 0. The molecule has 0 aliphatic rings. The lowest BCUT2D eigenvalue weighted by molar-refractivity contribution is -0.137. The first kappa shape index (κ1) is 17.2. The fourth-order valence-electron chi connectivity index (χ4n) is 1.44. The molecule has 0 unspecified atom stereocenters. The zero-order valence-corrected chi connectivity index (χ0v) is 11.8. The third kappa shape index (κ3) is 5.18. The number of halogens is 3. The van der Waals surface area contributed by atoms with Crippen molar-refractivity contribution in [3.63, 3.8) is 0 Å². The molecule has 0 atom stereocenters. The number of hydrogen-bond acceptors (Lipinski definition) is 3. The zero-order chi connectivity index (χ0) is 16.0. The highest BCUT2D eigenvalue weighted by molar-refractivity contribution is 7.98. The second-order valence-corrected chi connectivity index (χ2v) is 4.92. The first-order chi connectivity index (χ1) is 9.75. The van der Waals surface area contributed by atoms with Crippen molar-refractivity contribution in [2.24, 2.45) is 0 Å². The van der Waals surface area contributed by atoms with Crippen LogP contribution in [0.25, 0.3) is 0 Å². The Hall–Kier alpha value is -1.90. The van der Waals surface area contributed by atoms with Crippen LogP contribution in [-0.4, -0.2) is 35.7 Å². The molecule has 0 radical (unpaired) electrons. The van der Waals surface area contributed by atoms with Gasteiger partial charge in [0.15, 0.2) is 0 Å². The summed E-state index contributed by atoms with van der Waals surface area (Å²) in [4.78, 5) is 22.5. The number of benzene rings is 1. The van der Waals surface area contributed by atoms with Gasteiger partial charge in [-0.3, -0.25) is 0 Å². The molecule has 2 amide bonds. The maximum absolute atomic E-state index is 12.6. The average Bonchev–Trinajstić information content (AvgIpc) is 2.37. The summed E-state index contributed by atoms with van der Waals surface area (Å²) in [6, 6.07) is 1.30. The van der Waals surface area contributed by atoms with Crippen LogP contribution in [0.15, 0.2) is 18.2 Å². The van der Waals surface area contributed by atoms with Gasteiger partial charge in [0.1, 0.15) is 0 Å². The monoisotopic (exact) mass is 322 g/mol. The molecule has 0 aromatic heterocycles.